The first-order chi connectivity index (χ1) is 8.70. The van der Waals surface area contributed by atoms with Gasteiger partial charge in [0, 0.05) is 24.5 Å². The number of rotatable bonds is 4. The third-order valence-electron chi connectivity index (χ3n) is 2.87. The topological polar surface area (TPSA) is 24.9 Å². The Morgan fingerprint density at radius 2 is 2.06 bits per heavy atom. The van der Waals surface area contributed by atoms with Crippen LogP contribution in [0.25, 0.3) is 11.1 Å². The minimum atomic E-state index is -0.201. The Bertz CT molecular complexity index is 538. The highest BCUT2D eigenvalue weighted by Crippen LogP contribution is 2.23. The van der Waals surface area contributed by atoms with Gasteiger partial charge in [0.15, 0.2) is 0 Å². The van der Waals surface area contributed by atoms with Crippen LogP contribution in [0.1, 0.15) is 18.1 Å². The Morgan fingerprint density at radius 1 is 1.22 bits per heavy atom. The summed E-state index contributed by atoms with van der Waals surface area (Å²) in [6, 6.07) is 6.93. The first-order valence-electron chi connectivity index (χ1n) is 6.12. The molecule has 94 valence electrons. The molecule has 2 nitrogen and oxygen atoms in total. The predicted molar refractivity (Wildman–Crippen MR) is 71.7 cm³/mol. The normalized spacial score (nSPS) is 10.6. The molecular formula is C15H17FN2. The molecule has 1 heterocycles. The molecular weight excluding hydrogens is 227 g/mol. The van der Waals surface area contributed by atoms with E-state index in [1.54, 1.807) is 12.1 Å². The summed E-state index contributed by atoms with van der Waals surface area (Å²) >= 11 is 0. The van der Waals surface area contributed by atoms with Crippen LogP contribution in [0.5, 0.6) is 0 Å². The van der Waals surface area contributed by atoms with E-state index in [9.17, 15) is 4.39 Å². The number of benzene rings is 1. The van der Waals surface area contributed by atoms with E-state index < -0.39 is 0 Å². The monoisotopic (exact) mass is 244 g/mol. The van der Waals surface area contributed by atoms with E-state index in [-0.39, 0.29) is 5.82 Å². The molecule has 0 aliphatic carbocycles. The minimum Gasteiger partial charge on any atom is -0.313 e. The van der Waals surface area contributed by atoms with Crippen LogP contribution in [0.3, 0.4) is 0 Å². The van der Waals surface area contributed by atoms with Crippen molar-refractivity contribution in [1.29, 1.82) is 0 Å². The Hall–Kier alpha value is -1.74. The first-order valence-corrected chi connectivity index (χ1v) is 6.12. The van der Waals surface area contributed by atoms with Gasteiger partial charge in [0.05, 0.1) is 0 Å². The van der Waals surface area contributed by atoms with E-state index >= 15 is 0 Å². The van der Waals surface area contributed by atoms with Gasteiger partial charge in [-0.1, -0.05) is 13.0 Å². The number of hydrogen-bond donors (Lipinski definition) is 1. The zero-order valence-corrected chi connectivity index (χ0v) is 10.7. The fourth-order valence-electron chi connectivity index (χ4n) is 1.95. The molecule has 0 fully saturated rings. The standard InChI is InChI=1S/C15H17FN2/c1-3-17-8-12-7-13(10-18-9-12)15-5-4-14(16)6-11(15)2/h4-7,9-10,17H,3,8H2,1-2H3. The second-order valence-electron chi connectivity index (χ2n) is 4.32. The van der Waals surface area contributed by atoms with Gasteiger partial charge in [0.2, 0.25) is 0 Å². The van der Waals surface area contributed by atoms with Crippen molar-refractivity contribution in [2.45, 2.75) is 20.4 Å². The maximum absolute atomic E-state index is 13.1. The Morgan fingerprint density at radius 3 is 2.78 bits per heavy atom. The molecule has 2 aromatic rings. The van der Waals surface area contributed by atoms with E-state index in [4.69, 9.17) is 0 Å². The average molecular weight is 244 g/mol. The maximum atomic E-state index is 13.1. The van der Waals surface area contributed by atoms with Crippen LogP contribution in [-0.4, -0.2) is 11.5 Å². The number of hydrogen-bond acceptors (Lipinski definition) is 2. The first kappa shape index (κ1) is 12.7. The number of pyridine rings is 1. The molecule has 2 rings (SSSR count). The van der Waals surface area contributed by atoms with Gasteiger partial charge >= 0.3 is 0 Å². The summed E-state index contributed by atoms with van der Waals surface area (Å²) in [5.74, 6) is -0.201. The lowest BCUT2D eigenvalue weighted by Gasteiger charge is -2.08. The number of nitrogens with one attached hydrogen (secondary N) is 1. The van der Waals surface area contributed by atoms with Gasteiger partial charge in [-0.25, -0.2) is 4.39 Å². The molecule has 0 unspecified atom stereocenters. The van der Waals surface area contributed by atoms with Gasteiger partial charge < -0.3 is 5.32 Å². The van der Waals surface area contributed by atoms with Crippen molar-refractivity contribution >= 4 is 0 Å². The van der Waals surface area contributed by atoms with Crippen LogP contribution in [-0.2, 0) is 6.54 Å². The van der Waals surface area contributed by atoms with Gasteiger partial charge in [-0.15, -0.1) is 0 Å². The zero-order chi connectivity index (χ0) is 13.0. The van der Waals surface area contributed by atoms with E-state index in [0.29, 0.717) is 0 Å². The van der Waals surface area contributed by atoms with Crippen molar-refractivity contribution in [2.75, 3.05) is 6.54 Å². The minimum absolute atomic E-state index is 0.201. The molecule has 0 saturated carbocycles. The molecule has 1 aromatic carbocycles. The summed E-state index contributed by atoms with van der Waals surface area (Å²) in [4.78, 5) is 4.24. The van der Waals surface area contributed by atoms with Crippen molar-refractivity contribution in [3.8, 4) is 11.1 Å². The molecule has 1 N–H and O–H groups in total. The third-order valence-corrected chi connectivity index (χ3v) is 2.87. The molecule has 3 heteroatoms. The molecule has 0 radical (unpaired) electrons. The van der Waals surface area contributed by atoms with E-state index in [0.717, 1.165) is 35.3 Å². The third kappa shape index (κ3) is 2.93. The van der Waals surface area contributed by atoms with E-state index in [2.05, 4.69) is 23.3 Å². The summed E-state index contributed by atoms with van der Waals surface area (Å²) in [6.45, 7) is 5.72. The number of nitrogens with zero attached hydrogens (tertiary/aromatic N) is 1. The Kier molecular flexibility index (Phi) is 4.05. The van der Waals surface area contributed by atoms with Crippen LogP contribution in [0.4, 0.5) is 4.39 Å². The SMILES string of the molecule is CCNCc1cncc(-c2ccc(F)cc2C)c1. The lowest BCUT2D eigenvalue weighted by atomic mass is 10.0. The summed E-state index contributed by atoms with van der Waals surface area (Å²) in [7, 11) is 0. The largest absolute Gasteiger partial charge is 0.313 e. The lowest BCUT2D eigenvalue weighted by Crippen LogP contribution is -2.11. The molecule has 1 aromatic heterocycles. The van der Waals surface area contributed by atoms with Crippen molar-refractivity contribution in [2.24, 2.45) is 0 Å². The second-order valence-corrected chi connectivity index (χ2v) is 4.32. The number of aryl methyl sites for hydroxylation is 1. The predicted octanol–water partition coefficient (Wildman–Crippen LogP) is 3.31. The average Bonchev–Trinajstić information content (AvgIpc) is 2.36. The zero-order valence-electron chi connectivity index (χ0n) is 10.7. The Labute approximate surface area is 107 Å². The van der Waals surface area contributed by atoms with Gasteiger partial charge in [-0.2, -0.15) is 0 Å². The smallest absolute Gasteiger partial charge is 0.123 e. The second kappa shape index (κ2) is 5.74. The molecule has 0 aliphatic rings. The van der Waals surface area contributed by atoms with E-state index in [1.165, 1.54) is 6.07 Å². The van der Waals surface area contributed by atoms with Gasteiger partial charge in [-0.3, -0.25) is 4.98 Å². The van der Waals surface area contributed by atoms with Crippen molar-refractivity contribution < 1.29 is 4.39 Å². The molecule has 0 atom stereocenters. The van der Waals surface area contributed by atoms with Crippen molar-refractivity contribution in [3.63, 3.8) is 0 Å². The van der Waals surface area contributed by atoms with Gasteiger partial charge in [0.1, 0.15) is 5.82 Å². The van der Waals surface area contributed by atoms with Crippen LogP contribution in [0, 0.1) is 12.7 Å². The fraction of sp³-hybridized carbons (Fsp3) is 0.267. The van der Waals surface area contributed by atoms with E-state index in [1.807, 2.05) is 19.3 Å². The summed E-state index contributed by atoms with van der Waals surface area (Å²) in [5, 5.41) is 3.27. The maximum Gasteiger partial charge on any atom is 0.123 e. The summed E-state index contributed by atoms with van der Waals surface area (Å²) in [6.07, 6.45) is 3.67. The molecule has 0 amide bonds. The van der Waals surface area contributed by atoms with Crippen LogP contribution < -0.4 is 5.32 Å². The number of halogens is 1. The van der Waals surface area contributed by atoms with Crippen LogP contribution >= 0.6 is 0 Å². The molecule has 0 saturated heterocycles. The molecule has 0 spiro atoms. The Balaban J connectivity index is 2.32. The van der Waals surface area contributed by atoms with Crippen molar-refractivity contribution in [3.05, 3.63) is 53.6 Å². The van der Waals surface area contributed by atoms with Crippen LogP contribution in [0.15, 0.2) is 36.7 Å². The van der Waals surface area contributed by atoms with Gasteiger partial charge in [0.25, 0.3) is 0 Å². The summed E-state index contributed by atoms with van der Waals surface area (Å²) < 4.78 is 13.1. The highest BCUT2D eigenvalue weighted by Gasteiger charge is 2.04. The highest BCUT2D eigenvalue weighted by atomic mass is 19.1. The van der Waals surface area contributed by atoms with Crippen LogP contribution in [0.2, 0.25) is 0 Å². The lowest BCUT2D eigenvalue weighted by molar-refractivity contribution is 0.627. The molecule has 0 aliphatic heterocycles. The van der Waals surface area contributed by atoms with Crippen molar-refractivity contribution in [1.82, 2.24) is 10.3 Å². The quantitative estimate of drug-likeness (QED) is 0.892. The van der Waals surface area contributed by atoms with Gasteiger partial charge in [-0.05, 0) is 48.4 Å². The number of aromatic nitrogens is 1. The molecule has 0 bridgehead atoms. The fourth-order valence-corrected chi connectivity index (χ4v) is 1.95. The highest BCUT2D eigenvalue weighted by molar-refractivity contribution is 5.66. The molecule has 18 heavy (non-hydrogen) atoms. The summed E-state index contributed by atoms with van der Waals surface area (Å²) in [5.41, 5.74) is 4.13.